The Bertz CT molecular complexity index is 973. The Balaban J connectivity index is 0. The molecule has 0 aromatic rings. The predicted molar refractivity (Wildman–Crippen MR) is 184 cm³/mol. The second kappa shape index (κ2) is 28.3. The number of carbonyl (C=O) groups excluding carboxylic acids is 6. The molecule has 16 nitrogen and oxygen atoms in total. The zero-order valence-electron chi connectivity index (χ0n) is 29.6. The van der Waals surface area contributed by atoms with Crippen LogP contribution in [0.25, 0.3) is 0 Å². The van der Waals surface area contributed by atoms with Crippen molar-refractivity contribution in [3.8, 4) is 0 Å². The Morgan fingerprint density at radius 2 is 1.39 bits per heavy atom. The van der Waals surface area contributed by atoms with E-state index in [2.05, 4.69) is 21.3 Å². The van der Waals surface area contributed by atoms with E-state index in [4.69, 9.17) is 29.4 Å². The third-order valence-corrected chi connectivity index (χ3v) is 6.61. The van der Waals surface area contributed by atoms with Gasteiger partial charge in [-0.25, -0.2) is 14.4 Å². The smallest absolute Gasteiger partial charge is 0.407 e. The molecule has 0 spiro atoms. The summed E-state index contributed by atoms with van der Waals surface area (Å²) >= 11 is 0. The van der Waals surface area contributed by atoms with Crippen molar-refractivity contribution < 1.29 is 52.5 Å². The van der Waals surface area contributed by atoms with Crippen LogP contribution in [0.2, 0.25) is 0 Å². The van der Waals surface area contributed by atoms with E-state index in [0.717, 1.165) is 0 Å². The highest BCUT2D eigenvalue weighted by atomic mass is 16.6. The van der Waals surface area contributed by atoms with E-state index in [1.54, 1.807) is 41.7 Å². The van der Waals surface area contributed by atoms with Crippen LogP contribution in [0.5, 0.6) is 0 Å². The lowest BCUT2D eigenvalue weighted by Gasteiger charge is -2.23. The first-order chi connectivity index (χ1) is 22.7. The summed E-state index contributed by atoms with van der Waals surface area (Å²) < 4.78 is 26.0. The van der Waals surface area contributed by atoms with E-state index in [1.807, 2.05) is 0 Å². The van der Waals surface area contributed by atoms with Gasteiger partial charge in [0.1, 0.15) is 12.2 Å². The lowest BCUT2D eigenvalue weighted by Crippen LogP contribution is -2.46. The predicted octanol–water partition coefficient (Wildman–Crippen LogP) is 2.85. The summed E-state index contributed by atoms with van der Waals surface area (Å²) in [6.45, 7) is 11.1. The van der Waals surface area contributed by atoms with Gasteiger partial charge in [-0.2, -0.15) is 0 Å². The largest absolute Gasteiger partial charge is 0.447 e. The molecule has 16 heteroatoms. The first-order valence-corrected chi connectivity index (χ1v) is 16.6. The lowest BCUT2D eigenvalue weighted by atomic mass is 9.89. The minimum Gasteiger partial charge on any atom is -0.447 e. The van der Waals surface area contributed by atoms with E-state index in [0.29, 0.717) is 58.7 Å². The molecule has 0 bridgehead atoms. The molecule has 2 atom stereocenters. The third kappa shape index (κ3) is 28.1. The van der Waals surface area contributed by atoms with E-state index in [1.165, 1.54) is 0 Å². The quantitative estimate of drug-likeness (QED) is 0.0782. The van der Waals surface area contributed by atoms with Crippen molar-refractivity contribution in [3.63, 3.8) is 0 Å². The Morgan fingerprint density at radius 1 is 0.755 bits per heavy atom. The second-order valence-corrected chi connectivity index (χ2v) is 12.5. The van der Waals surface area contributed by atoms with Crippen molar-refractivity contribution >= 4 is 35.7 Å². The highest BCUT2D eigenvalue weighted by molar-refractivity contribution is 5.93. The number of primary amides is 1. The molecular formula is C33H63N5O11. The molecule has 0 aliphatic carbocycles. The zero-order chi connectivity index (χ0) is 36.4. The average molecular weight is 706 g/mol. The molecule has 0 rings (SSSR count). The molecule has 0 radical (unpaired) electrons. The number of hydrogen-bond acceptors (Lipinski definition) is 11. The summed E-state index contributed by atoms with van der Waals surface area (Å²) in [4.78, 5) is 73.8. The Kier molecular flexibility index (Phi) is 27.5. The number of nitrogens with two attached hydrogens (primary N) is 1. The number of carbonyl (C=O) groups is 6. The molecule has 0 aliphatic rings. The standard InChI is InChI=1S/C32H59N5O11.CH4/c1-23(2)27(37-31(43)47-20-19-46-16-10-14-35-30(42)48-32(3,4)5)26(39)21-24(11-9-13-34-29(33)41)28(40)36-22-25(38)12-7-8-15-45-18-17-44-6;/h23-24,27H,7-22H2,1-6H3,(H,35,42)(H,36,40)(H,37,43)(H3,33,34,41);1H4. The number of hydrogen-bond donors (Lipinski definition) is 5. The minimum absolute atomic E-state index is 0. The Morgan fingerprint density at radius 3 is 2.00 bits per heavy atom. The maximum Gasteiger partial charge on any atom is 0.407 e. The van der Waals surface area contributed by atoms with Gasteiger partial charge < -0.3 is 50.7 Å². The second-order valence-electron chi connectivity index (χ2n) is 12.5. The number of ketones is 2. The number of alkyl carbamates (subject to hydrolysis) is 2. The molecule has 286 valence electrons. The van der Waals surface area contributed by atoms with Crippen LogP contribution in [0.1, 0.15) is 87.0 Å². The minimum atomic E-state index is -0.927. The molecule has 0 saturated carbocycles. The third-order valence-electron chi connectivity index (χ3n) is 6.61. The fourth-order valence-corrected chi connectivity index (χ4v) is 4.21. The maximum absolute atomic E-state index is 13.3. The van der Waals surface area contributed by atoms with Crippen LogP contribution in [0.15, 0.2) is 0 Å². The highest BCUT2D eigenvalue weighted by Gasteiger charge is 2.30. The molecule has 0 fully saturated rings. The van der Waals surface area contributed by atoms with Crippen molar-refractivity contribution in [1.29, 1.82) is 0 Å². The molecule has 5 amide bonds. The number of unbranched alkanes of at least 4 members (excludes halogenated alkanes) is 1. The number of nitrogens with one attached hydrogen (secondary N) is 4. The summed E-state index contributed by atoms with van der Waals surface area (Å²) in [5.41, 5.74) is 4.53. The zero-order valence-corrected chi connectivity index (χ0v) is 29.6. The lowest BCUT2D eigenvalue weighted by molar-refractivity contribution is -0.131. The van der Waals surface area contributed by atoms with Gasteiger partial charge in [0.15, 0.2) is 11.6 Å². The number of ether oxygens (including phenoxy) is 5. The number of Topliss-reactive ketones (excluding diaryl/α,β-unsaturated/α-hetero) is 2. The van der Waals surface area contributed by atoms with Crippen molar-refractivity contribution in [1.82, 2.24) is 21.3 Å². The van der Waals surface area contributed by atoms with Gasteiger partial charge in [0.05, 0.1) is 32.4 Å². The van der Waals surface area contributed by atoms with Crippen LogP contribution in [0, 0.1) is 11.8 Å². The van der Waals surface area contributed by atoms with Gasteiger partial charge in [0.2, 0.25) is 5.91 Å². The van der Waals surface area contributed by atoms with Crippen LogP contribution in [-0.4, -0.2) is 114 Å². The Hall–Kier alpha value is -3.50. The van der Waals surface area contributed by atoms with E-state index >= 15 is 0 Å². The molecule has 0 heterocycles. The number of amides is 5. The van der Waals surface area contributed by atoms with Gasteiger partial charge >= 0.3 is 18.2 Å². The monoisotopic (exact) mass is 705 g/mol. The van der Waals surface area contributed by atoms with E-state index in [9.17, 15) is 28.8 Å². The van der Waals surface area contributed by atoms with Crippen molar-refractivity contribution in [3.05, 3.63) is 0 Å². The van der Waals surface area contributed by atoms with Crippen molar-refractivity contribution in [2.24, 2.45) is 17.6 Å². The van der Waals surface area contributed by atoms with Gasteiger partial charge in [-0.3, -0.25) is 14.4 Å². The molecule has 0 saturated heterocycles. The van der Waals surface area contributed by atoms with Gasteiger partial charge in [-0.1, -0.05) is 21.3 Å². The summed E-state index contributed by atoms with van der Waals surface area (Å²) in [7, 11) is 1.59. The maximum atomic E-state index is 13.3. The van der Waals surface area contributed by atoms with Gasteiger partial charge in [-0.15, -0.1) is 0 Å². The molecule has 49 heavy (non-hydrogen) atoms. The first kappa shape index (κ1) is 47.6. The molecule has 6 N–H and O–H groups in total. The summed E-state index contributed by atoms with van der Waals surface area (Å²) in [5, 5.41) is 10.3. The van der Waals surface area contributed by atoms with Crippen molar-refractivity contribution in [2.45, 2.75) is 98.6 Å². The first-order valence-electron chi connectivity index (χ1n) is 16.6. The number of methoxy groups -OCH3 is 1. The van der Waals surface area contributed by atoms with Gasteiger partial charge in [0, 0.05) is 52.2 Å². The Labute approximate surface area is 291 Å². The fraction of sp³-hybridized carbons (Fsp3) is 0.818. The molecule has 0 aromatic heterocycles. The van der Waals surface area contributed by atoms with E-state index < -0.39 is 41.7 Å². The fourth-order valence-electron chi connectivity index (χ4n) is 4.21. The van der Waals surface area contributed by atoms with Gasteiger partial charge in [-0.05, 0) is 58.8 Å². The topological polar surface area (TPSA) is 223 Å². The van der Waals surface area contributed by atoms with Crippen molar-refractivity contribution in [2.75, 3.05) is 66.4 Å². The van der Waals surface area contributed by atoms with Gasteiger partial charge in [0.25, 0.3) is 0 Å². The molecule has 0 aliphatic heterocycles. The van der Waals surface area contributed by atoms with E-state index in [-0.39, 0.29) is 70.5 Å². The van der Waals surface area contributed by atoms with Crippen LogP contribution in [-0.2, 0) is 38.1 Å². The molecule has 2 unspecified atom stereocenters. The number of rotatable bonds is 27. The van der Waals surface area contributed by atoms with Crippen LogP contribution >= 0.6 is 0 Å². The van der Waals surface area contributed by atoms with Crippen LogP contribution in [0.3, 0.4) is 0 Å². The molecular weight excluding hydrogens is 642 g/mol. The number of urea groups is 1. The SMILES string of the molecule is C.COCCOCCCCC(=O)CNC(=O)C(CCCNC(N)=O)CC(=O)C(NC(=O)OCCOCCCNC(=O)OC(C)(C)C)C(C)C. The highest BCUT2D eigenvalue weighted by Crippen LogP contribution is 2.16. The summed E-state index contributed by atoms with van der Waals surface area (Å²) in [5.74, 6) is -2.10. The normalized spacial score (nSPS) is 12.2. The van der Waals surface area contributed by atoms with Crippen LogP contribution < -0.4 is 27.0 Å². The summed E-state index contributed by atoms with van der Waals surface area (Å²) in [6.07, 6.45) is 1.20. The van der Waals surface area contributed by atoms with Crippen LogP contribution in [0.4, 0.5) is 14.4 Å². The molecule has 0 aromatic carbocycles. The average Bonchev–Trinajstić information content (AvgIpc) is 2.99. The summed E-state index contributed by atoms with van der Waals surface area (Å²) in [6, 6.07) is -1.63.